The fourth-order valence-electron chi connectivity index (χ4n) is 4.20. The van der Waals surface area contributed by atoms with Gasteiger partial charge in [0.25, 0.3) is 0 Å². The van der Waals surface area contributed by atoms with Crippen LogP contribution >= 0.6 is 0 Å². The number of carbonyl (C=O) groups excluding carboxylic acids is 2. The lowest BCUT2D eigenvalue weighted by Gasteiger charge is -2.35. The van der Waals surface area contributed by atoms with Gasteiger partial charge in [-0.1, -0.05) is 57.2 Å². The Kier molecular flexibility index (Phi) is 6.17. The summed E-state index contributed by atoms with van der Waals surface area (Å²) in [7, 11) is 0. The van der Waals surface area contributed by atoms with Crippen molar-refractivity contribution < 1.29 is 14.3 Å². The van der Waals surface area contributed by atoms with Gasteiger partial charge in [0.15, 0.2) is 0 Å². The number of alkyl carbamates (subject to hydrolysis) is 1. The number of nitrogens with zero attached hydrogens (tertiary/aromatic N) is 2. The summed E-state index contributed by atoms with van der Waals surface area (Å²) in [6.07, 6.45) is 2.45. The highest BCUT2D eigenvalue weighted by molar-refractivity contribution is 5.88. The number of ether oxygens (including phenoxy) is 1. The van der Waals surface area contributed by atoms with E-state index in [2.05, 4.69) is 42.4 Å². The maximum absolute atomic E-state index is 13.5. The molecular weight excluding hydrogens is 404 g/mol. The number of hydrogen-bond donors (Lipinski definition) is 2. The third-order valence-corrected chi connectivity index (χ3v) is 5.66. The fraction of sp³-hybridized carbons (Fsp3) is 0.400. The van der Waals surface area contributed by atoms with Gasteiger partial charge in [-0.25, -0.2) is 4.79 Å². The first kappa shape index (κ1) is 21.9. The van der Waals surface area contributed by atoms with Gasteiger partial charge < -0.3 is 15.0 Å². The van der Waals surface area contributed by atoms with Gasteiger partial charge in [0, 0.05) is 18.5 Å². The third kappa shape index (κ3) is 5.10. The van der Waals surface area contributed by atoms with Crippen LogP contribution in [-0.4, -0.2) is 39.7 Å². The molecule has 1 atom stereocenters. The lowest BCUT2D eigenvalue weighted by Crippen LogP contribution is -2.51. The van der Waals surface area contributed by atoms with E-state index in [1.165, 1.54) is 5.56 Å². The van der Waals surface area contributed by atoms with Crippen molar-refractivity contribution in [2.75, 3.05) is 6.54 Å². The molecule has 2 amide bonds. The van der Waals surface area contributed by atoms with Crippen molar-refractivity contribution >= 4 is 22.9 Å². The molecule has 1 aliphatic rings. The summed E-state index contributed by atoms with van der Waals surface area (Å²) in [5.74, 6) is -0.0808. The molecule has 0 bridgehead atoms. The molecule has 2 N–H and O–H groups in total. The van der Waals surface area contributed by atoms with E-state index in [0.29, 0.717) is 25.9 Å². The van der Waals surface area contributed by atoms with Crippen LogP contribution in [0.2, 0.25) is 0 Å². The van der Waals surface area contributed by atoms with Gasteiger partial charge >= 0.3 is 6.09 Å². The standard InChI is InChI=1S/C25H30N4O3/c1-25(2,3)16-29-14-20-18(9-11-21-19(20)13-26-28-21)10-12-22(23(29)30)27-24(31)32-15-17-7-5-4-6-8-17/h4-9,11,13,22H,10,12,14-16H2,1-3H3,(H,26,28)(H,27,31)/t22-/m1/s1. The van der Waals surface area contributed by atoms with E-state index in [0.717, 1.165) is 22.0 Å². The van der Waals surface area contributed by atoms with Crippen molar-refractivity contribution in [3.63, 3.8) is 0 Å². The Balaban J connectivity index is 1.54. The van der Waals surface area contributed by atoms with Crippen LogP contribution in [-0.2, 0) is 29.1 Å². The summed E-state index contributed by atoms with van der Waals surface area (Å²) < 4.78 is 5.37. The van der Waals surface area contributed by atoms with Gasteiger partial charge in [0.05, 0.1) is 11.7 Å². The van der Waals surface area contributed by atoms with Crippen molar-refractivity contribution in [2.45, 2.75) is 52.8 Å². The molecule has 0 spiro atoms. The first-order chi connectivity index (χ1) is 15.3. The van der Waals surface area contributed by atoms with Gasteiger partial charge in [0.1, 0.15) is 12.6 Å². The van der Waals surface area contributed by atoms with Crippen LogP contribution in [0.1, 0.15) is 43.9 Å². The van der Waals surface area contributed by atoms with E-state index in [4.69, 9.17) is 4.74 Å². The minimum Gasteiger partial charge on any atom is -0.445 e. The number of carbonyl (C=O) groups is 2. The van der Waals surface area contributed by atoms with Crippen molar-refractivity contribution in [2.24, 2.45) is 5.41 Å². The average molecular weight is 435 g/mol. The number of H-pyrrole nitrogens is 1. The van der Waals surface area contributed by atoms with Gasteiger partial charge in [-0.2, -0.15) is 5.10 Å². The number of aromatic amines is 1. The van der Waals surface area contributed by atoms with Gasteiger partial charge in [-0.3, -0.25) is 9.89 Å². The van der Waals surface area contributed by atoms with Crippen LogP contribution in [0.5, 0.6) is 0 Å². The molecule has 0 radical (unpaired) electrons. The molecule has 0 unspecified atom stereocenters. The summed E-state index contributed by atoms with van der Waals surface area (Å²) in [5, 5.41) is 11.1. The van der Waals surface area contributed by atoms with Crippen molar-refractivity contribution in [3.8, 4) is 0 Å². The average Bonchev–Trinajstić information content (AvgIpc) is 3.23. The largest absolute Gasteiger partial charge is 0.445 e. The van der Waals surface area contributed by atoms with Crippen LogP contribution in [0.25, 0.3) is 10.9 Å². The van der Waals surface area contributed by atoms with Gasteiger partial charge in [0.2, 0.25) is 5.91 Å². The van der Waals surface area contributed by atoms with E-state index in [1.54, 1.807) is 0 Å². The molecular formula is C25H30N4O3. The highest BCUT2D eigenvalue weighted by Gasteiger charge is 2.32. The Labute approximate surface area is 188 Å². The van der Waals surface area contributed by atoms with Crippen LogP contribution < -0.4 is 5.32 Å². The maximum Gasteiger partial charge on any atom is 0.408 e. The summed E-state index contributed by atoms with van der Waals surface area (Å²) in [6.45, 7) is 7.55. The molecule has 0 saturated carbocycles. The van der Waals surface area contributed by atoms with Crippen molar-refractivity contribution in [1.29, 1.82) is 0 Å². The number of benzene rings is 2. The second-order valence-electron chi connectivity index (χ2n) is 9.59. The minimum absolute atomic E-state index is 0.0808. The van der Waals surface area contributed by atoms with Gasteiger partial charge in [-0.05, 0) is 41.0 Å². The number of fused-ring (bicyclic) bond motifs is 3. The minimum atomic E-state index is -0.631. The number of rotatable bonds is 4. The van der Waals surface area contributed by atoms with E-state index < -0.39 is 12.1 Å². The topological polar surface area (TPSA) is 87.3 Å². The number of aryl methyl sites for hydroxylation is 1. The first-order valence-electron chi connectivity index (χ1n) is 11.0. The van der Waals surface area contributed by atoms with E-state index in [9.17, 15) is 9.59 Å². The molecule has 2 heterocycles. The lowest BCUT2D eigenvalue weighted by atomic mass is 9.91. The molecule has 3 aromatic rings. The van der Waals surface area contributed by atoms with Crippen molar-refractivity contribution in [1.82, 2.24) is 20.4 Å². The summed E-state index contributed by atoms with van der Waals surface area (Å²) in [6, 6.07) is 13.0. The lowest BCUT2D eigenvalue weighted by molar-refractivity contribution is -0.135. The van der Waals surface area contributed by atoms with Crippen LogP contribution in [0.15, 0.2) is 48.7 Å². The summed E-state index contributed by atoms with van der Waals surface area (Å²) in [4.78, 5) is 27.8. The molecule has 2 aromatic carbocycles. The Bertz CT molecular complexity index is 1100. The predicted molar refractivity (Wildman–Crippen MR) is 123 cm³/mol. The third-order valence-electron chi connectivity index (χ3n) is 5.66. The molecule has 7 heteroatoms. The summed E-state index contributed by atoms with van der Waals surface area (Å²) >= 11 is 0. The van der Waals surface area contributed by atoms with Crippen LogP contribution in [0, 0.1) is 5.41 Å². The molecule has 168 valence electrons. The molecule has 1 aromatic heterocycles. The number of aromatic nitrogens is 2. The molecule has 4 rings (SSSR count). The zero-order valence-electron chi connectivity index (χ0n) is 18.9. The maximum atomic E-state index is 13.5. The Morgan fingerprint density at radius 3 is 2.75 bits per heavy atom. The molecule has 32 heavy (non-hydrogen) atoms. The Hall–Kier alpha value is -3.35. The molecule has 1 aliphatic heterocycles. The zero-order valence-corrected chi connectivity index (χ0v) is 18.9. The SMILES string of the molecule is CC(C)(C)CN1Cc2c(ccc3[nH]ncc23)CC[C@@H](NC(=O)OCc2ccccc2)C1=O. The molecule has 0 aliphatic carbocycles. The molecule has 7 nitrogen and oxygen atoms in total. The van der Waals surface area contributed by atoms with E-state index in [-0.39, 0.29) is 17.9 Å². The Morgan fingerprint density at radius 1 is 1.22 bits per heavy atom. The Morgan fingerprint density at radius 2 is 2.00 bits per heavy atom. The zero-order chi connectivity index (χ0) is 22.7. The van der Waals surface area contributed by atoms with Crippen molar-refractivity contribution in [3.05, 3.63) is 65.4 Å². The van der Waals surface area contributed by atoms with E-state index >= 15 is 0 Å². The fourth-order valence-corrected chi connectivity index (χ4v) is 4.20. The number of hydrogen-bond acceptors (Lipinski definition) is 4. The normalized spacial score (nSPS) is 16.9. The van der Waals surface area contributed by atoms with Crippen LogP contribution in [0.3, 0.4) is 0 Å². The van der Waals surface area contributed by atoms with E-state index in [1.807, 2.05) is 47.5 Å². The number of nitrogens with one attached hydrogen (secondary N) is 2. The first-order valence-corrected chi connectivity index (χ1v) is 11.0. The smallest absolute Gasteiger partial charge is 0.408 e. The van der Waals surface area contributed by atoms with Gasteiger partial charge in [-0.15, -0.1) is 0 Å². The molecule has 0 saturated heterocycles. The predicted octanol–water partition coefficient (Wildman–Crippen LogP) is 4.18. The molecule has 0 fully saturated rings. The second-order valence-corrected chi connectivity index (χ2v) is 9.59. The highest BCUT2D eigenvalue weighted by Crippen LogP contribution is 2.28. The monoisotopic (exact) mass is 434 g/mol. The van der Waals surface area contributed by atoms with Crippen LogP contribution in [0.4, 0.5) is 4.79 Å². The quantitative estimate of drug-likeness (QED) is 0.645. The number of amides is 2. The summed E-state index contributed by atoms with van der Waals surface area (Å²) in [5.41, 5.74) is 4.08. The highest BCUT2D eigenvalue weighted by atomic mass is 16.5. The second kappa shape index (κ2) is 9.02.